The fraction of sp³-hybridized carbons (Fsp3) is 0.292. The van der Waals surface area contributed by atoms with E-state index in [1.165, 1.54) is 18.2 Å². The second kappa shape index (κ2) is 8.06. The Balaban J connectivity index is 1.61. The molecule has 4 rings (SSSR count). The highest BCUT2D eigenvalue weighted by atomic mass is 19.1. The molecule has 1 aliphatic heterocycles. The van der Waals surface area contributed by atoms with Gasteiger partial charge < -0.3 is 5.32 Å². The van der Waals surface area contributed by atoms with Crippen molar-refractivity contribution < 1.29 is 18.4 Å². The molecular formula is C24H23F2N3O2. The van der Waals surface area contributed by atoms with E-state index in [0.717, 1.165) is 11.3 Å². The first kappa shape index (κ1) is 20.9. The van der Waals surface area contributed by atoms with Gasteiger partial charge in [-0.05, 0) is 62.6 Å². The Bertz CT molecular complexity index is 1120. The molecule has 5 nitrogen and oxygen atoms in total. The lowest BCUT2D eigenvalue weighted by Gasteiger charge is -2.22. The predicted octanol–water partition coefficient (Wildman–Crippen LogP) is 4.49. The minimum Gasteiger partial charge on any atom is -0.358 e. The van der Waals surface area contributed by atoms with Gasteiger partial charge in [0.1, 0.15) is 11.6 Å². The smallest absolute Gasteiger partial charge is 0.251 e. The van der Waals surface area contributed by atoms with Crippen molar-refractivity contribution in [1.82, 2.24) is 5.43 Å². The van der Waals surface area contributed by atoms with Gasteiger partial charge in [0.2, 0.25) is 0 Å². The van der Waals surface area contributed by atoms with Crippen LogP contribution in [-0.4, -0.2) is 17.4 Å². The molecule has 0 radical (unpaired) electrons. The minimum atomic E-state index is -0.920. The summed E-state index contributed by atoms with van der Waals surface area (Å²) >= 11 is 0. The van der Waals surface area contributed by atoms with Gasteiger partial charge in [0, 0.05) is 35.4 Å². The van der Waals surface area contributed by atoms with E-state index in [9.17, 15) is 18.4 Å². The molecular weight excluding hydrogens is 400 g/mol. The number of carbonyl (C=O) groups is 2. The second-order valence-electron chi connectivity index (χ2n) is 8.38. The fourth-order valence-corrected chi connectivity index (χ4v) is 3.90. The Labute approximate surface area is 179 Å². The molecule has 2 N–H and O–H groups in total. The molecule has 0 fully saturated rings. The number of halogens is 2. The molecule has 2 aliphatic rings. The van der Waals surface area contributed by atoms with Crippen LogP contribution in [-0.2, 0) is 16.0 Å². The third kappa shape index (κ3) is 4.13. The van der Waals surface area contributed by atoms with E-state index in [4.69, 9.17) is 0 Å². The molecule has 2 aromatic rings. The quantitative estimate of drug-likeness (QED) is 0.745. The maximum Gasteiger partial charge on any atom is 0.251 e. The lowest BCUT2D eigenvalue weighted by atomic mass is 9.83. The molecule has 1 aliphatic carbocycles. The van der Waals surface area contributed by atoms with E-state index < -0.39 is 11.2 Å². The largest absolute Gasteiger partial charge is 0.358 e. The predicted molar refractivity (Wildman–Crippen MR) is 114 cm³/mol. The lowest BCUT2D eigenvalue weighted by Crippen LogP contribution is -2.32. The Kier molecular flexibility index (Phi) is 5.43. The molecule has 1 heterocycles. The van der Waals surface area contributed by atoms with Crippen LogP contribution in [0.2, 0.25) is 0 Å². The number of allylic oxidation sites excluding steroid dienone is 2. The summed E-state index contributed by atoms with van der Waals surface area (Å²) in [6, 6.07) is 10.7. The summed E-state index contributed by atoms with van der Waals surface area (Å²) in [7, 11) is 0. The average molecular weight is 423 g/mol. The van der Waals surface area contributed by atoms with Crippen LogP contribution < -0.4 is 10.7 Å². The number of anilines is 1. The number of ketones is 1. The summed E-state index contributed by atoms with van der Waals surface area (Å²) in [4.78, 5) is 24.5. The standard InChI is InChI=1S/C24H23F2N3O2/c1-24(2)22(28-29-23(24)31)17-11-10-16(13-19(17)26)27-20-4-3-5-21(30)18(20)12-14-6-8-15(25)9-7-14/h6-11,13,27H,3-5,12H2,1-2H3,(H,29,31). The Morgan fingerprint density at radius 3 is 2.45 bits per heavy atom. The van der Waals surface area contributed by atoms with Crippen molar-refractivity contribution in [2.45, 2.75) is 39.5 Å². The third-order valence-corrected chi connectivity index (χ3v) is 5.77. The summed E-state index contributed by atoms with van der Waals surface area (Å²) in [6.45, 7) is 3.39. The summed E-state index contributed by atoms with van der Waals surface area (Å²) in [5.41, 5.74) is 4.83. The first-order valence-electron chi connectivity index (χ1n) is 10.2. The van der Waals surface area contributed by atoms with Gasteiger partial charge in [0.05, 0.1) is 11.1 Å². The van der Waals surface area contributed by atoms with Crippen molar-refractivity contribution in [2.75, 3.05) is 5.32 Å². The van der Waals surface area contributed by atoms with Crippen molar-refractivity contribution in [2.24, 2.45) is 10.5 Å². The van der Waals surface area contributed by atoms with Gasteiger partial charge in [-0.15, -0.1) is 0 Å². The highest BCUT2D eigenvalue weighted by Crippen LogP contribution is 2.31. The number of nitrogens with zero attached hydrogens (tertiary/aromatic N) is 1. The number of benzene rings is 2. The highest BCUT2D eigenvalue weighted by molar-refractivity contribution is 6.19. The first-order valence-corrected chi connectivity index (χ1v) is 10.2. The Hall–Kier alpha value is -3.35. The molecule has 31 heavy (non-hydrogen) atoms. The number of hydrogen-bond acceptors (Lipinski definition) is 4. The number of hydrazone groups is 1. The van der Waals surface area contributed by atoms with Crippen LogP contribution in [0.4, 0.5) is 14.5 Å². The third-order valence-electron chi connectivity index (χ3n) is 5.77. The number of rotatable bonds is 5. The van der Waals surface area contributed by atoms with Crippen molar-refractivity contribution in [3.8, 4) is 0 Å². The van der Waals surface area contributed by atoms with E-state index in [2.05, 4.69) is 15.8 Å². The summed E-state index contributed by atoms with van der Waals surface area (Å²) in [6.07, 6.45) is 2.24. The highest BCUT2D eigenvalue weighted by Gasteiger charge is 2.40. The van der Waals surface area contributed by atoms with Crippen LogP contribution in [0.25, 0.3) is 0 Å². The monoisotopic (exact) mass is 423 g/mol. The van der Waals surface area contributed by atoms with Crippen molar-refractivity contribution in [1.29, 1.82) is 0 Å². The number of Topliss-reactive ketones (excluding diaryl/α,β-unsaturated/α-hetero) is 1. The fourth-order valence-electron chi connectivity index (χ4n) is 3.90. The summed E-state index contributed by atoms with van der Waals surface area (Å²) in [5, 5.41) is 7.20. The van der Waals surface area contributed by atoms with Gasteiger partial charge >= 0.3 is 0 Å². The van der Waals surface area contributed by atoms with Crippen LogP contribution in [0.3, 0.4) is 0 Å². The van der Waals surface area contributed by atoms with Crippen molar-refractivity contribution in [3.05, 3.63) is 76.5 Å². The zero-order valence-corrected chi connectivity index (χ0v) is 17.4. The van der Waals surface area contributed by atoms with Crippen molar-refractivity contribution >= 4 is 23.1 Å². The molecule has 0 saturated heterocycles. The summed E-state index contributed by atoms with van der Waals surface area (Å²) in [5.74, 6) is -1.06. The Morgan fingerprint density at radius 2 is 1.81 bits per heavy atom. The molecule has 0 atom stereocenters. The van der Waals surface area contributed by atoms with Crippen LogP contribution in [0, 0.1) is 17.0 Å². The maximum atomic E-state index is 14.9. The second-order valence-corrected chi connectivity index (χ2v) is 8.38. The average Bonchev–Trinajstić information content (AvgIpc) is 2.99. The zero-order valence-electron chi connectivity index (χ0n) is 17.4. The lowest BCUT2D eigenvalue weighted by molar-refractivity contribution is -0.125. The van der Waals surface area contributed by atoms with Crippen LogP contribution in [0.15, 0.2) is 58.8 Å². The van der Waals surface area contributed by atoms with Crippen LogP contribution in [0.5, 0.6) is 0 Å². The molecule has 1 amide bonds. The first-order chi connectivity index (χ1) is 14.8. The van der Waals surface area contributed by atoms with E-state index in [0.29, 0.717) is 42.7 Å². The van der Waals surface area contributed by atoms with E-state index in [1.54, 1.807) is 38.1 Å². The number of nitrogens with one attached hydrogen (secondary N) is 2. The van der Waals surface area contributed by atoms with Crippen LogP contribution >= 0.6 is 0 Å². The Morgan fingerprint density at radius 1 is 1.06 bits per heavy atom. The number of amides is 1. The molecule has 0 unspecified atom stereocenters. The van der Waals surface area contributed by atoms with Gasteiger partial charge in [-0.2, -0.15) is 5.10 Å². The molecule has 0 saturated carbocycles. The minimum absolute atomic E-state index is 0.0433. The van der Waals surface area contributed by atoms with Gasteiger partial charge in [0.15, 0.2) is 5.78 Å². The molecule has 0 bridgehead atoms. The van der Waals surface area contributed by atoms with Crippen molar-refractivity contribution in [3.63, 3.8) is 0 Å². The number of carbonyl (C=O) groups excluding carboxylic acids is 2. The van der Waals surface area contributed by atoms with E-state index >= 15 is 0 Å². The number of hydrogen-bond donors (Lipinski definition) is 2. The van der Waals surface area contributed by atoms with E-state index in [-0.39, 0.29) is 23.1 Å². The SMILES string of the molecule is CC1(C)C(=O)NN=C1c1ccc(NC2=C(Cc3ccc(F)cc3)C(=O)CCC2)cc1F. The molecule has 7 heteroatoms. The molecule has 0 aromatic heterocycles. The van der Waals surface area contributed by atoms with E-state index in [1.807, 2.05) is 0 Å². The molecule has 0 spiro atoms. The van der Waals surface area contributed by atoms with Gasteiger partial charge in [-0.25, -0.2) is 14.2 Å². The van der Waals surface area contributed by atoms with Gasteiger partial charge in [0.25, 0.3) is 5.91 Å². The molecule has 2 aromatic carbocycles. The topological polar surface area (TPSA) is 70.6 Å². The van der Waals surface area contributed by atoms with Gasteiger partial charge in [-0.3, -0.25) is 9.59 Å². The maximum absolute atomic E-state index is 14.9. The summed E-state index contributed by atoms with van der Waals surface area (Å²) < 4.78 is 28.1. The van der Waals surface area contributed by atoms with Crippen LogP contribution in [0.1, 0.15) is 44.2 Å². The zero-order chi connectivity index (χ0) is 22.2. The normalized spacial score (nSPS) is 18.1. The molecule has 160 valence electrons. The van der Waals surface area contributed by atoms with Gasteiger partial charge in [-0.1, -0.05) is 12.1 Å².